The van der Waals surface area contributed by atoms with Crippen molar-refractivity contribution >= 4 is 17.5 Å². The molecule has 0 amide bonds. The van der Waals surface area contributed by atoms with E-state index in [1.54, 1.807) is 6.08 Å². The van der Waals surface area contributed by atoms with E-state index in [1.807, 2.05) is 35.7 Å². The van der Waals surface area contributed by atoms with E-state index in [4.69, 9.17) is 0 Å². The summed E-state index contributed by atoms with van der Waals surface area (Å²) in [6.45, 7) is 0. The second kappa shape index (κ2) is 3.66. The monoisotopic (exact) mass is 193 g/mol. The van der Waals surface area contributed by atoms with E-state index in [2.05, 4.69) is 4.72 Å². The average Bonchev–Trinajstić information content (AvgIpc) is 2.20. The first kappa shape index (κ1) is 8.38. The van der Waals surface area contributed by atoms with Crippen LogP contribution in [0, 0.1) is 0 Å². The molecule has 1 nitrogen and oxygen atoms in total. The van der Waals surface area contributed by atoms with Crippen LogP contribution < -0.4 is 4.72 Å². The SMILES string of the molecule is FC1=C(c2ccccc2)C=CSN1. The lowest BCUT2D eigenvalue weighted by Gasteiger charge is -2.10. The summed E-state index contributed by atoms with van der Waals surface area (Å²) < 4.78 is 15.8. The number of allylic oxidation sites excluding steroid dienone is 2. The summed E-state index contributed by atoms with van der Waals surface area (Å²) in [7, 11) is 0. The quantitative estimate of drug-likeness (QED) is 0.543. The zero-order chi connectivity index (χ0) is 9.10. The molecule has 1 aliphatic heterocycles. The van der Waals surface area contributed by atoms with E-state index in [0.717, 1.165) is 5.56 Å². The Bertz CT molecular complexity index is 356. The van der Waals surface area contributed by atoms with Gasteiger partial charge in [0, 0.05) is 5.57 Å². The molecular formula is C10H8FNS. The Kier molecular flexibility index (Phi) is 2.36. The Morgan fingerprint density at radius 3 is 2.62 bits per heavy atom. The second-order valence-corrected chi connectivity index (χ2v) is 3.33. The van der Waals surface area contributed by atoms with Crippen molar-refractivity contribution in [2.45, 2.75) is 0 Å². The van der Waals surface area contributed by atoms with Crippen LogP contribution in [0.15, 0.2) is 47.8 Å². The lowest BCUT2D eigenvalue weighted by atomic mass is 10.1. The van der Waals surface area contributed by atoms with Crippen LogP contribution in [0.2, 0.25) is 0 Å². The molecule has 66 valence electrons. The summed E-state index contributed by atoms with van der Waals surface area (Å²) in [6, 6.07) is 9.47. The minimum absolute atomic E-state index is 0.279. The largest absolute Gasteiger partial charge is 0.302 e. The summed E-state index contributed by atoms with van der Waals surface area (Å²) in [5.74, 6) is -0.279. The molecule has 1 aromatic carbocycles. The predicted molar refractivity (Wildman–Crippen MR) is 54.3 cm³/mol. The Morgan fingerprint density at radius 1 is 1.15 bits per heavy atom. The van der Waals surface area contributed by atoms with Gasteiger partial charge in [-0.05, 0) is 29.0 Å². The average molecular weight is 193 g/mol. The molecule has 0 saturated carbocycles. The maximum absolute atomic E-state index is 13.2. The fourth-order valence-corrected chi connectivity index (χ4v) is 1.64. The minimum Gasteiger partial charge on any atom is -0.302 e. The molecule has 0 radical (unpaired) electrons. The minimum atomic E-state index is -0.279. The fourth-order valence-electron chi connectivity index (χ4n) is 1.16. The zero-order valence-corrected chi connectivity index (χ0v) is 7.64. The number of rotatable bonds is 1. The molecule has 0 aliphatic carbocycles. The molecule has 0 aromatic heterocycles. The van der Waals surface area contributed by atoms with Gasteiger partial charge in [-0.25, -0.2) is 0 Å². The van der Waals surface area contributed by atoms with Gasteiger partial charge in [-0.1, -0.05) is 30.3 Å². The lowest BCUT2D eigenvalue weighted by molar-refractivity contribution is 0.612. The van der Waals surface area contributed by atoms with Crippen LogP contribution in [0.5, 0.6) is 0 Å². The topological polar surface area (TPSA) is 12.0 Å². The highest BCUT2D eigenvalue weighted by molar-refractivity contribution is 8.00. The molecule has 13 heavy (non-hydrogen) atoms. The third kappa shape index (κ3) is 1.75. The van der Waals surface area contributed by atoms with Crippen molar-refractivity contribution in [2.75, 3.05) is 0 Å². The summed E-state index contributed by atoms with van der Waals surface area (Å²) >= 11 is 1.24. The van der Waals surface area contributed by atoms with Crippen LogP contribution in [0.3, 0.4) is 0 Å². The van der Waals surface area contributed by atoms with Crippen molar-refractivity contribution in [3.05, 3.63) is 53.3 Å². The molecule has 1 aliphatic rings. The highest BCUT2D eigenvalue weighted by Gasteiger charge is 2.08. The van der Waals surface area contributed by atoms with E-state index < -0.39 is 0 Å². The van der Waals surface area contributed by atoms with Gasteiger partial charge < -0.3 is 4.72 Å². The van der Waals surface area contributed by atoms with Gasteiger partial charge in [0.2, 0.25) is 5.95 Å². The van der Waals surface area contributed by atoms with E-state index in [9.17, 15) is 4.39 Å². The van der Waals surface area contributed by atoms with Gasteiger partial charge in [0.15, 0.2) is 0 Å². The van der Waals surface area contributed by atoms with E-state index in [0.29, 0.717) is 5.57 Å². The van der Waals surface area contributed by atoms with Crippen LogP contribution in [-0.4, -0.2) is 0 Å². The zero-order valence-electron chi connectivity index (χ0n) is 6.83. The van der Waals surface area contributed by atoms with E-state index >= 15 is 0 Å². The molecule has 1 N–H and O–H groups in total. The fraction of sp³-hybridized carbons (Fsp3) is 0. The Balaban J connectivity index is 2.41. The number of nitrogens with one attached hydrogen (secondary N) is 1. The second-order valence-electron chi connectivity index (χ2n) is 2.62. The molecule has 0 fully saturated rings. The van der Waals surface area contributed by atoms with Crippen LogP contribution >= 0.6 is 11.9 Å². The van der Waals surface area contributed by atoms with Gasteiger partial charge in [0.05, 0.1) is 0 Å². The number of hydrogen-bond acceptors (Lipinski definition) is 2. The summed E-state index contributed by atoms with van der Waals surface area (Å²) in [4.78, 5) is 0. The molecule has 0 saturated heterocycles. The lowest BCUT2D eigenvalue weighted by Crippen LogP contribution is -2.03. The molecule has 0 unspecified atom stereocenters. The Hall–Kier alpha value is -1.22. The third-order valence-corrected chi connectivity index (χ3v) is 2.34. The van der Waals surface area contributed by atoms with Crippen molar-refractivity contribution in [2.24, 2.45) is 0 Å². The number of halogens is 1. The van der Waals surface area contributed by atoms with Gasteiger partial charge in [0.1, 0.15) is 0 Å². The van der Waals surface area contributed by atoms with Gasteiger partial charge in [-0.2, -0.15) is 4.39 Å². The van der Waals surface area contributed by atoms with Gasteiger partial charge in [-0.15, -0.1) is 0 Å². The molecule has 0 bridgehead atoms. The van der Waals surface area contributed by atoms with Crippen molar-refractivity contribution in [1.82, 2.24) is 4.72 Å². The first-order valence-electron chi connectivity index (χ1n) is 3.91. The van der Waals surface area contributed by atoms with Crippen molar-refractivity contribution in [3.8, 4) is 0 Å². The van der Waals surface area contributed by atoms with E-state index in [1.165, 1.54) is 11.9 Å². The molecule has 0 spiro atoms. The summed E-state index contributed by atoms with van der Waals surface area (Å²) in [6.07, 6.45) is 1.77. The Morgan fingerprint density at radius 2 is 1.92 bits per heavy atom. The first-order valence-corrected chi connectivity index (χ1v) is 4.79. The maximum atomic E-state index is 13.2. The van der Waals surface area contributed by atoms with Crippen molar-refractivity contribution < 1.29 is 4.39 Å². The van der Waals surface area contributed by atoms with E-state index in [-0.39, 0.29) is 5.95 Å². The maximum Gasteiger partial charge on any atom is 0.205 e. The standard InChI is InChI=1S/C10H8FNS/c11-10-9(6-7-13-12-10)8-4-2-1-3-5-8/h1-7,12H. The summed E-state index contributed by atoms with van der Waals surface area (Å²) in [5.41, 5.74) is 1.50. The van der Waals surface area contributed by atoms with Crippen molar-refractivity contribution in [1.29, 1.82) is 0 Å². The summed E-state index contributed by atoms with van der Waals surface area (Å²) in [5, 5.41) is 1.82. The van der Waals surface area contributed by atoms with Crippen LogP contribution in [0.25, 0.3) is 5.57 Å². The molecule has 3 heteroatoms. The number of benzene rings is 1. The number of hydrogen-bond donors (Lipinski definition) is 1. The predicted octanol–water partition coefficient (Wildman–Crippen LogP) is 3.09. The smallest absolute Gasteiger partial charge is 0.205 e. The van der Waals surface area contributed by atoms with Gasteiger partial charge >= 0.3 is 0 Å². The molecule has 0 atom stereocenters. The molecule has 1 aromatic rings. The third-order valence-electron chi connectivity index (χ3n) is 1.77. The highest BCUT2D eigenvalue weighted by atomic mass is 32.2. The van der Waals surface area contributed by atoms with Crippen molar-refractivity contribution in [3.63, 3.8) is 0 Å². The molecule has 1 heterocycles. The highest BCUT2D eigenvalue weighted by Crippen LogP contribution is 2.25. The Labute approximate surface area is 80.5 Å². The molecule has 2 rings (SSSR count). The first-order chi connectivity index (χ1) is 6.38. The van der Waals surface area contributed by atoms with Crippen LogP contribution in [0.1, 0.15) is 5.56 Å². The van der Waals surface area contributed by atoms with Gasteiger partial charge in [0.25, 0.3) is 0 Å². The normalized spacial score (nSPS) is 15.8. The van der Waals surface area contributed by atoms with Crippen LogP contribution in [-0.2, 0) is 0 Å². The van der Waals surface area contributed by atoms with Gasteiger partial charge in [-0.3, -0.25) is 0 Å². The van der Waals surface area contributed by atoms with Crippen LogP contribution in [0.4, 0.5) is 4.39 Å². The molecular weight excluding hydrogens is 185 g/mol.